The van der Waals surface area contributed by atoms with Gasteiger partial charge in [0.25, 0.3) is 5.91 Å². The highest BCUT2D eigenvalue weighted by atomic mass is 79.9. The number of nitrogens with zero attached hydrogens (tertiary/aromatic N) is 1. The lowest BCUT2D eigenvalue weighted by molar-refractivity contribution is -0.135. The van der Waals surface area contributed by atoms with Crippen molar-refractivity contribution < 1.29 is 14.6 Å². The minimum Gasteiger partial charge on any atom is -0.483 e. The first-order valence-corrected chi connectivity index (χ1v) is 7.27. The fourth-order valence-corrected chi connectivity index (χ4v) is 2.74. The van der Waals surface area contributed by atoms with Crippen molar-refractivity contribution in [2.24, 2.45) is 0 Å². The largest absolute Gasteiger partial charge is 0.483 e. The molecule has 1 heterocycles. The highest BCUT2D eigenvalue weighted by Crippen LogP contribution is 2.28. The van der Waals surface area contributed by atoms with Crippen LogP contribution in [0.1, 0.15) is 12.8 Å². The van der Waals surface area contributed by atoms with Gasteiger partial charge in [-0.25, -0.2) is 0 Å². The summed E-state index contributed by atoms with van der Waals surface area (Å²) >= 11 is 9.16. The Bertz CT molecular complexity index is 461. The van der Waals surface area contributed by atoms with E-state index in [2.05, 4.69) is 15.9 Å². The number of hydrogen-bond acceptors (Lipinski definition) is 3. The first kappa shape index (κ1) is 14.6. The summed E-state index contributed by atoms with van der Waals surface area (Å²) in [5.41, 5.74) is 0. The number of aliphatic hydroxyl groups excluding tert-OH is 1. The molecule has 0 unspecified atom stereocenters. The number of ether oxygens (including phenoxy) is 1. The number of carbonyl (C=O) groups excluding carboxylic acids is 1. The molecule has 1 saturated heterocycles. The van der Waals surface area contributed by atoms with E-state index in [1.807, 2.05) is 0 Å². The van der Waals surface area contributed by atoms with Crippen LogP contribution in [0.15, 0.2) is 22.7 Å². The molecule has 1 amide bonds. The van der Waals surface area contributed by atoms with Crippen LogP contribution in [-0.4, -0.2) is 41.7 Å². The Morgan fingerprint density at radius 2 is 2.16 bits per heavy atom. The van der Waals surface area contributed by atoms with Gasteiger partial charge in [0.05, 0.1) is 10.6 Å². The molecule has 0 spiro atoms. The molecule has 19 heavy (non-hydrogen) atoms. The molecule has 1 aromatic carbocycles. The molecule has 1 N–H and O–H groups in total. The number of piperidine rings is 1. The quantitative estimate of drug-likeness (QED) is 0.913. The molecule has 0 bridgehead atoms. The summed E-state index contributed by atoms with van der Waals surface area (Å²) in [4.78, 5) is 13.7. The molecular weight excluding hydrogens is 334 g/mol. The lowest BCUT2D eigenvalue weighted by atomic mass is 10.1. The van der Waals surface area contributed by atoms with E-state index in [4.69, 9.17) is 16.3 Å². The lowest BCUT2D eigenvalue weighted by Crippen LogP contribution is -2.42. The Balaban J connectivity index is 1.86. The summed E-state index contributed by atoms with van der Waals surface area (Å²) in [5, 5.41) is 10.00. The zero-order chi connectivity index (χ0) is 13.8. The highest BCUT2D eigenvalue weighted by Gasteiger charge is 2.21. The van der Waals surface area contributed by atoms with Crippen LogP contribution < -0.4 is 4.74 Å². The van der Waals surface area contributed by atoms with Crippen molar-refractivity contribution in [2.45, 2.75) is 18.9 Å². The van der Waals surface area contributed by atoms with Crippen LogP contribution in [0.3, 0.4) is 0 Å². The van der Waals surface area contributed by atoms with E-state index in [0.717, 1.165) is 4.47 Å². The number of likely N-dealkylation sites (tertiary alicyclic amines) is 1. The lowest BCUT2D eigenvalue weighted by Gasteiger charge is -2.29. The minimum atomic E-state index is -0.282. The van der Waals surface area contributed by atoms with Crippen molar-refractivity contribution in [3.63, 3.8) is 0 Å². The van der Waals surface area contributed by atoms with Crippen LogP contribution in [-0.2, 0) is 4.79 Å². The predicted molar refractivity (Wildman–Crippen MR) is 76.5 cm³/mol. The molecule has 0 aliphatic carbocycles. The van der Waals surface area contributed by atoms with Crippen LogP contribution in [0.2, 0.25) is 5.02 Å². The summed E-state index contributed by atoms with van der Waals surface area (Å²) in [6.45, 7) is 1.17. The third kappa shape index (κ3) is 4.09. The molecule has 1 fully saturated rings. The second kappa shape index (κ2) is 6.59. The molecule has 0 atom stereocenters. The van der Waals surface area contributed by atoms with Gasteiger partial charge in [0, 0.05) is 18.1 Å². The molecule has 6 heteroatoms. The number of aliphatic hydroxyl groups is 1. The van der Waals surface area contributed by atoms with Crippen LogP contribution >= 0.6 is 27.5 Å². The summed E-state index contributed by atoms with van der Waals surface area (Å²) in [6.07, 6.45) is 0.989. The van der Waals surface area contributed by atoms with Crippen LogP contribution in [0.25, 0.3) is 0 Å². The van der Waals surface area contributed by atoms with Crippen molar-refractivity contribution in [3.8, 4) is 5.75 Å². The van der Waals surface area contributed by atoms with Gasteiger partial charge in [0.1, 0.15) is 5.75 Å². The maximum Gasteiger partial charge on any atom is 0.260 e. The van der Waals surface area contributed by atoms with E-state index in [9.17, 15) is 9.90 Å². The standard InChI is InChI=1S/C13H15BrClNO3/c14-11-7-9(15)1-2-12(11)19-8-13(18)16-5-3-10(17)4-6-16/h1-2,7,10,17H,3-6,8H2. The summed E-state index contributed by atoms with van der Waals surface area (Å²) in [7, 11) is 0. The second-order valence-electron chi connectivity index (χ2n) is 4.48. The Morgan fingerprint density at radius 3 is 2.79 bits per heavy atom. The van der Waals surface area contributed by atoms with Gasteiger partial charge in [-0.3, -0.25) is 4.79 Å². The number of carbonyl (C=O) groups is 1. The van der Waals surface area contributed by atoms with Crippen LogP contribution in [0.4, 0.5) is 0 Å². The molecular formula is C13H15BrClNO3. The first-order valence-electron chi connectivity index (χ1n) is 6.10. The number of rotatable bonds is 3. The predicted octanol–water partition coefficient (Wildman–Crippen LogP) is 2.46. The summed E-state index contributed by atoms with van der Waals surface area (Å²) in [6, 6.07) is 5.15. The highest BCUT2D eigenvalue weighted by molar-refractivity contribution is 9.10. The zero-order valence-electron chi connectivity index (χ0n) is 10.3. The topological polar surface area (TPSA) is 49.8 Å². The normalized spacial score (nSPS) is 16.5. The van der Waals surface area contributed by atoms with Gasteiger partial charge in [-0.2, -0.15) is 0 Å². The van der Waals surface area contributed by atoms with E-state index in [0.29, 0.717) is 36.7 Å². The van der Waals surface area contributed by atoms with Gasteiger partial charge in [0.15, 0.2) is 6.61 Å². The van der Waals surface area contributed by atoms with E-state index >= 15 is 0 Å². The molecule has 1 aromatic rings. The molecule has 0 aromatic heterocycles. The van der Waals surface area contributed by atoms with E-state index in [1.165, 1.54) is 0 Å². The smallest absolute Gasteiger partial charge is 0.260 e. The maximum absolute atomic E-state index is 11.9. The number of benzene rings is 1. The van der Waals surface area contributed by atoms with Gasteiger partial charge < -0.3 is 14.7 Å². The monoisotopic (exact) mass is 347 g/mol. The Labute approximate surface area is 125 Å². The van der Waals surface area contributed by atoms with Gasteiger partial charge in [0.2, 0.25) is 0 Å². The summed E-state index contributed by atoms with van der Waals surface area (Å²) in [5.74, 6) is 0.531. The molecule has 2 rings (SSSR count). The van der Waals surface area contributed by atoms with Crippen LogP contribution in [0.5, 0.6) is 5.75 Å². The van der Waals surface area contributed by atoms with Gasteiger partial charge in [-0.15, -0.1) is 0 Å². The van der Waals surface area contributed by atoms with Crippen molar-refractivity contribution in [2.75, 3.05) is 19.7 Å². The third-order valence-electron chi connectivity index (χ3n) is 3.06. The van der Waals surface area contributed by atoms with Crippen molar-refractivity contribution in [3.05, 3.63) is 27.7 Å². The van der Waals surface area contributed by atoms with E-state index in [-0.39, 0.29) is 18.6 Å². The van der Waals surface area contributed by atoms with Crippen molar-refractivity contribution in [1.29, 1.82) is 0 Å². The van der Waals surface area contributed by atoms with E-state index < -0.39 is 0 Å². The minimum absolute atomic E-state index is 0.00364. The molecule has 104 valence electrons. The number of hydrogen-bond donors (Lipinski definition) is 1. The number of amides is 1. The average Bonchev–Trinajstić information content (AvgIpc) is 2.38. The first-order chi connectivity index (χ1) is 9.06. The molecule has 1 aliphatic heterocycles. The Morgan fingerprint density at radius 1 is 1.47 bits per heavy atom. The average molecular weight is 349 g/mol. The second-order valence-corrected chi connectivity index (χ2v) is 5.77. The van der Waals surface area contributed by atoms with Crippen molar-refractivity contribution in [1.82, 2.24) is 4.90 Å². The SMILES string of the molecule is O=C(COc1ccc(Cl)cc1Br)N1CCC(O)CC1. The van der Waals surface area contributed by atoms with Crippen LogP contribution in [0, 0.1) is 0 Å². The molecule has 0 radical (unpaired) electrons. The fraction of sp³-hybridized carbons (Fsp3) is 0.462. The third-order valence-corrected chi connectivity index (χ3v) is 3.92. The Hall–Kier alpha value is -0.780. The molecule has 1 aliphatic rings. The maximum atomic E-state index is 11.9. The summed E-state index contributed by atoms with van der Waals surface area (Å²) < 4.78 is 6.20. The zero-order valence-corrected chi connectivity index (χ0v) is 12.7. The molecule has 0 saturated carbocycles. The van der Waals surface area contributed by atoms with Gasteiger partial charge >= 0.3 is 0 Å². The van der Waals surface area contributed by atoms with Crippen molar-refractivity contribution >= 4 is 33.4 Å². The fourth-order valence-electron chi connectivity index (χ4n) is 1.94. The van der Waals surface area contributed by atoms with E-state index in [1.54, 1.807) is 23.1 Å². The Kier molecular flexibility index (Phi) is 5.07. The van der Waals surface area contributed by atoms with Gasteiger partial charge in [-0.1, -0.05) is 11.6 Å². The molecule has 4 nitrogen and oxygen atoms in total. The number of halogens is 2. The van der Waals surface area contributed by atoms with Gasteiger partial charge in [-0.05, 0) is 47.0 Å².